The number of ether oxygens (including phenoxy) is 1. The zero-order chi connectivity index (χ0) is 11.3. The number of hydrogen-bond acceptors (Lipinski definition) is 3. The minimum absolute atomic E-state index is 0.00663. The highest BCUT2D eigenvalue weighted by atomic mass is 16.5. The van der Waals surface area contributed by atoms with Gasteiger partial charge in [0, 0.05) is 6.04 Å². The standard InChI is InChI=1S/C12H23NO2/c1-9(2)8-15-12(14)7-11(13)10-5-3-4-6-10/h9-11H,3-8,13H2,1-2H3/t11-/m1/s1. The molecule has 0 amide bonds. The molecule has 0 radical (unpaired) electrons. The molecule has 0 aromatic rings. The second-order valence-corrected chi connectivity index (χ2v) is 4.99. The molecule has 15 heavy (non-hydrogen) atoms. The fourth-order valence-electron chi connectivity index (χ4n) is 2.06. The van der Waals surface area contributed by atoms with E-state index < -0.39 is 0 Å². The third-order valence-electron chi connectivity index (χ3n) is 2.99. The average Bonchev–Trinajstić information content (AvgIpc) is 2.67. The van der Waals surface area contributed by atoms with Crippen molar-refractivity contribution in [2.75, 3.05) is 6.61 Å². The summed E-state index contributed by atoms with van der Waals surface area (Å²) in [5.74, 6) is 0.802. The normalized spacial score (nSPS) is 19.5. The minimum atomic E-state index is -0.136. The average molecular weight is 213 g/mol. The first-order valence-corrected chi connectivity index (χ1v) is 6.00. The molecular weight excluding hydrogens is 190 g/mol. The van der Waals surface area contributed by atoms with E-state index >= 15 is 0 Å². The van der Waals surface area contributed by atoms with E-state index in [1.807, 2.05) is 13.8 Å². The Morgan fingerprint density at radius 1 is 1.40 bits per heavy atom. The van der Waals surface area contributed by atoms with Crippen LogP contribution < -0.4 is 5.73 Å². The zero-order valence-electron chi connectivity index (χ0n) is 9.87. The Balaban J connectivity index is 2.18. The summed E-state index contributed by atoms with van der Waals surface area (Å²) in [7, 11) is 0. The highest BCUT2D eigenvalue weighted by Gasteiger charge is 2.24. The van der Waals surface area contributed by atoms with Crippen LogP contribution in [0.4, 0.5) is 0 Å². The van der Waals surface area contributed by atoms with Gasteiger partial charge < -0.3 is 10.5 Å². The number of nitrogens with two attached hydrogens (primary N) is 1. The van der Waals surface area contributed by atoms with Gasteiger partial charge in [0.25, 0.3) is 0 Å². The quantitative estimate of drug-likeness (QED) is 0.711. The molecule has 1 fully saturated rings. The molecule has 3 heteroatoms. The Bertz CT molecular complexity index is 198. The Labute approximate surface area is 92.4 Å². The zero-order valence-corrected chi connectivity index (χ0v) is 9.87. The second-order valence-electron chi connectivity index (χ2n) is 4.99. The van der Waals surface area contributed by atoms with Crippen molar-refractivity contribution in [3.8, 4) is 0 Å². The van der Waals surface area contributed by atoms with Gasteiger partial charge in [-0.05, 0) is 24.7 Å². The van der Waals surface area contributed by atoms with E-state index in [1.54, 1.807) is 0 Å². The minimum Gasteiger partial charge on any atom is -0.465 e. The van der Waals surface area contributed by atoms with Crippen LogP contribution in [-0.4, -0.2) is 18.6 Å². The van der Waals surface area contributed by atoms with Crippen LogP contribution in [0, 0.1) is 11.8 Å². The van der Waals surface area contributed by atoms with E-state index in [9.17, 15) is 4.79 Å². The third kappa shape index (κ3) is 4.65. The van der Waals surface area contributed by atoms with E-state index in [1.165, 1.54) is 25.7 Å². The predicted molar refractivity (Wildman–Crippen MR) is 60.3 cm³/mol. The summed E-state index contributed by atoms with van der Waals surface area (Å²) in [6.45, 7) is 4.57. The Morgan fingerprint density at radius 3 is 2.53 bits per heavy atom. The molecule has 1 atom stereocenters. The van der Waals surface area contributed by atoms with Gasteiger partial charge in [0.2, 0.25) is 0 Å². The van der Waals surface area contributed by atoms with Crippen molar-refractivity contribution in [1.82, 2.24) is 0 Å². The number of esters is 1. The van der Waals surface area contributed by atoms with Gasteiger partial charge in [-0.1, -0.05) is 26.7 Å². The van der Waals surface area contributed by atoms with Gasteiger partial charge in [-0.25, -0.2) is 0 Å². The van der Waals surface area contributed by atoms with Crippen LogP contribution in [0.1, 0.15) is 46.0 Å². The lowest BCUT2D eigenvalue weighted by Gasteiger charge is -2.18. The Morgan fingerprint density at radius 2 is 2.00 bits per heavy atom. The molecule has 0 aliphatic heterocycles. The van der Waals surface area contributed by atoms with Crippen molar-refractivity contribution in [2.45, 2.75) is 52.0 Å². The third-order valence-corrected chi connectivity index (χ3v) is 2.99. The first kappa shape index (κ1) is 12.5. The Kier molecular flexibility index (Phi) is 5.09. The van der Waals surface area contributed by atoms with Gasteiger partial charge in [0.15, 0.2) is 0 Å². The fourth-order valence-corrected chi connectivity index (χ4v) is 2.06. The molecule has 0 aromatic heterocycles. The first-order valence-electron chi connectivity index (χ1n) is 6.00. The van der Waals surface area contributed by atoms with Crippen LogP contribution in [-0.2, 0) is 9.53 Å². The molecule has 0 aromatic carbocycles. The molecule has 1 saturated carbocycles. The summed E-state index contributed by atoms with van der Waals surface area (Å²) in [6, 6.07) is 0.00663. The maximum atomic E-state index is 11.4. The van der Waals surface area contributed by atoms with Crippen LogP contribution in [0.25, 0.3) is 0 Å². The van der Waals surface area contributed by atoms with Gasteiger partial charge in [-0.2, -0.15) is 0 Å². The summed E-state index contributed by atoms with van der Waals surface area (Å²) >= 11 is 0. The van der Waals surface area contributed by atoms with Crippen LogP contribution in [0.3, 0.4) is 0 Å². The lowest BCUT2D eigenvalue weighted by Crippen LogP contribution is -2.32. The lowest BCUT2D eigenvalue weighted by molar-refractivity contribution is -0.145. The van der Waals surface area contributed by atoms with Crippen molar-refractivity contribution < 1.29 is 9.53 Å². The van der Waals surface area contributed by atoms with Gasteiger partial charge >= 0.3 is 5.97 Å². The summed E-state index contributed by atoms with van der Waals surface area (Å²) in [4.78, 5) is 11.4. The monoisotopic (exact) mass is 213 g/mol. The summed E-state index contributed by atoms with van der Waals surface area (Å²) in [5, 5.41) is 0. The van der Waals surface area contributed by atoms with Crippen LogP contribution in [0.15, 0.2) is 0 Å². The van der Waals surface area contributed by atoms with E-state index in [2.05, 4.69) is 0 Å². The molecule has 0 saturated heterocycles. The van der Waals surface area contributed by atoms with Crippen LogP contribution in [0.5, 0.6) is 0 Å². The summed E-state index contributed by atoms with van der Waals surface area (Å²) in [5.41, 5.74) is 5.99. The van der Waals surface area contributed by atoms with Gasteiger partial charge in [0.1, 0.15) is 0 Å². The topological polar surface area (TPSA) is 52.3 Å². The molecule has 3 nitrogen and oxygen atoms in total. The number of hydrogen-bond donors (Lipinski definition) is 1. The van der Waals surface area contributed by atoms with Gasteiger partial charge in [0.05, 0.1) is 13.0 Å². The number of rotatable bonds is 5. The van der Waals surface area contributed by atoms with E-state index in [4.69, 9.17) is 10.5 Å². The molecule has 0 bridgehead atoms. The first-order chi connectivity index (χ1) is 7.09. The van der Waals surface area contributed by atoms with E-state index in [-0.39, 0.29) is 12.0 Å². The molecular formula is C12H23NO2. The highest BCUT2D eigenvalue weighted by Crippen LogP contribution is 2.28. The smallest absolute Gasteiger partial charge is 0.307 e. The van der Waals surface area contributed by atoms with Gasteiger partial charge in [-0.15, -0.1) is 0 Å². The maximum Gasteiger partial charge on any atom is 0.307 e. The van der Waals surface area contributed by atoms with E-state index in [0.717, 1.165) is 0 Å². The van der Waals surface area contributed by atoms with Crippen molar-refractivity contribution in [3.05, 3.63) is 0 Å². The number of carbonyl (C=O) groups is 1. The van der Waals surface area contributed by atoms with Crippen LogP contribution >= 0.6 is 0 Å². The van der Waals surface area contributed by atoms with Crippen molar-refractivity contribution in [3.63, 3.8) is 0 Å². The SMILES string of the molecule is CC(C)COC(=O)C[C@@H](N)C1CCCC1. The maximum absolute atomic E-state index is 11.4. The van der Waals surface area contributed by atoms with E-state index in [0.29, 0.717) is 24.9 Å². The molecule has 0 heterocycles. The Hall–Kier alpha value is -0.570. The molecule has 88 valence electrons. The molecule has 1 rings (SSSR count). The summed E-state index contributed by atoms with van der Waals surface area (Å²) < 4.78 is 5.11. The lowest BCUT2D eigenvalue weighted by atomic mass is 9.96. The fraction of sp³-hybridized carbons (Fsp3) is 0.917. The van der Waals surface area contributed by atoms with Crippen molar-refractivity contribution in [2.24, 2.45) is 17.6 Å². The van der Waals surface area contributed by atoms with Gasteiger partial charge in [-0.3, -0.25) is 4.79 Å². The van der Waals surface area contributed by atoms with Crippen molar-refractivity contribution >= 4 is 5.97 Å². The molecule has 0 unspecified atom stereocenters. The number of carbonyl (C=O) groups excluding carboxylic acids is 1. The molecule has 1 aliphatic carbocycles. The highest BCUT2D eigenvalue weighted by molar-refractivity contribution is 5.70. The molecule has 1 aliphatic rings. The summed E-state index contributed by atoms with van der Waals surface area (Å²) in [6.07, 6.45) is 5.27. The van der Waals surface area contributed by atoms with Crippen LogP contribution in [0.2, 0.25) is 0 Å². The molecule has 2 N–H and O–H groups in total. The van der Waals surface area contributed by atoms with Crippen molar-refractivity contribution in [1.29, 1.82) is 0 Å². The molecule has 0 spiro atoms. The predicted octanol–water partition coefficient (Wildman–Crippen LogP) is 2.09. The second kappa shape index (κ2) is 6.11. The largest absolute Gasteiger partial charge is 0.465 e.